The van der Waals surface area contributed by atoms with Gasteiger partial charge < -0.3 is 5.32 Å². The van der Waals surface area contributed by atoms with Crippen molar-refractivity contribution in [2.24, 2.45) is 0 Å². The number of thiophene rings is 1. The molecule has 0 atom stereocenters. The van der Waals surface area contributed by atoms with Gasteiger partial charge in [-0.05, 0) is 42.1 Å². The average Bonchev–Trinajstić information content (AvgIpc) is 3.50. The molecule has 2 aromatic heterocycles. The van der Waals surface area contributed by atoms with Gasteiger partial charge in [0.05, 0.1) is 10.6 Å². The number of hydrogen-bond acceptors (Lipinski definition) is 4. The van der Waals surface area contributed by atoms with Crippen molar-refractivity contribution in [1.29, 1.82) is 0 Å². The third-order valence-electron chi connectivity index (χ3n) is 4.76. The van der Waals surface area contributed by atoms with Crippen LogP contribution in [0.4, 0.5) is 5.82 Å². The minimum absolute atomic E-state index is 0.00799. The summed E-state index contributed by atoms with van der Waals surface area (Å²) >= 11 is 1.46. The second-order valence-electron chi connectivity index (χ2n) is 6.90. The molecule has 152 valence electrons. The second-order valence-corrected chi connectivity index (χ2v) is 7.85. The van der Waals surface area contributed by atoms with Crippen molar-refractivity contribution in [2.45, 2.75) is 13.0 Å². The van der Waals surface area contributed by atoms with Gasteiger partial charge in [-0.3, -0.25) is 9.69 Å². The Morgan fingerprint density at radius 2 is 1.73 bits per heavy atom. The fourth-order valence-electron chi connectivity index (χ4n) is 3.23. The first-order chi connectivity index (χ1) is 14.8. The predicted octanol–water partition coefficient (Wildman–Crippen LogP) is 4.76. The Morgan fingerprint density at radius 1 is 0.967 bits per heavy atom. The molecule has 0 spiro atoms. The Balaban J connectivity index is 1.42. The van der Waals surface area contributed by atoms with Crippen molar-refractivity contribution < 1.29 is 4.79 Å². The average molecular weight is 417 g/mol. The fourth-order valence-corrected chi connectivity index (χ4v) is 3.90. The van der Waals surface area contributed by atoms with Gasteiger partial charge in [-0.1, -0.05) is 54.6 Å². The van der Waals surface area contributed by atoms with Gasteiger partial charge in [-0.25, -0.2) is 4.68 Å². The van der Waals surface area contributed by atoms with Gasteiger partial charge in [0.15, 0.2) is 5.82 Å². The fraction of sp³-hybridized carbons (Fsp3) is 0.167. The molecule has 1 amide bonds. The highest BCUT2D eigenvalue weighted by atomic mass is 32.1. The first kappa shape index (κ1) is 20.1. The van der Waals surface area contributed by atoms with Crippen LogP contribution in [0.3, 0.4) is 0 Å². The zero-order valence-corrected chi connectivity index (χ0v) is 17.5. The van der Waals surface area contributed by atoms with E-state index in [2.05, 4.69) is 22.5 Å². The van der Waals surface area contributed by atoms with E-state index in [0.717, 1.165) is 30.1 Å². The molecule has 1 N–H and O–H groups in total. The van der Waals surface area contributed by atoms with Crippen LogP contribution in [0.1, 0.15) is 21.7 Å². The van der Waals surface area contributed by atoms with E-state index in [1.807, 2.05) is 78.3 Å². The molecule has 2 aromatic carbocycles. The molecule has 30 heavy (non-hydrogen) atoms. The second kappa shape index (κ2) is 10.0. The summed E-state index contributed by atoms with van der Waals surface area (Å²) in [4.78, 5) is 15.6. The molecular weight excluding hydrogens is 392 g/mol. The molecule has 2 heterocycles. The van der Waals surface area contributed by atoms with E-state index in [0.29, 0.717) is 12.4 Å². The number of anilines is 1. The molecule has 0 bridgehead atoms. The summed E-state index contributed by atoms with van der Waals surface area (Å²) in [5, 5.41) is 10.0. The first-order valence-corrected chi connectivity index (χ1v) is 10.9. The number of nitrogens with zero attached hydrogens (tertiary/aromatic N) is 3. The molecule has 6 heteroatoms. The van der Waals surface area contributed by atoms with Crippen LogP contribution < -0.4 is 10.2 Å². The van der Waals surface area contributed by atoms with Crippen molar-refractivity contribution in [2.75, 3.05) is 18.0 Å². The molecule has 4 rings (SSSR count). The van der Waals surface area contributed by atoms with Crippen LogP contribution in [0.25, 0.3) is 5.69 Å². The van der Waals surface area contributed by atoms with Crippen molar-refractivity contribution in [3.63, 3.8) is 0 Å². The molecule has 0 saturated carbocycles. The highest BCUT2D eigenvalue weighted by Gasteiger charge is 2.20. The van der Waals surface area contributed by atoms with E-state index in [4.69, 9.17) is 0 Å². The summed E-state index contributed by atoms with van der Waals surface area (Å²) < 4.78 is 1.80. The Labute approximate surface area is 180 Å². The Morgan fingerprint density at radius 3 is 2.47 bits per heavy atom. The lowest BCUT2D eigenvalue weighted by molar-refractivity contribution is 0.0989. The molecule has 0 aliphatic heterocycles. The van der Waals surface area contributed by atoms with Gasteiger partial charge in [-0.2, -0.15) is 0 Å². The monoisotopic (exact) mass is 416 g/mol. The highest BCUT2D eigenvalue weighted by molar-refractivity contribution is 7.12. The van der Waals surface area contributed by atoms with Crippen LogP contribution in [-0.4, -0.2) is 28.8 Å². The van der Waals surface area contributed by atoms with Crippen LogP contribution >= 0.6 is 11.3 Å². The lowest BCUT2D eigenvalue weighted by atomic mass is 10.2. The van der Waals surface area contributed by atoms with Crippen molar-refractivity contribution in [1.82, 2.24) is 15.1 Å². The number of amides is 1. The summed E-state index contributed by atoms with van der Waals surface area (Å²) in [5.74, 6) is 0.659. The number of nitrogens with one attached hydrogen (secondary N) is 1. The van der Waals surface area contributed by atoms with E-state index in [1.165, 1.54) is 16.9 Å². The van der Waals surface area contributed by atoms with E-state index < -0.39 is 0 Å². The molecule has 0 fully saturated rings. The number of benzene rings is 2. The molecular formula is C24H24N4OS. The third-order valence-corrected chi connectivity index (χ3v) is 5.61. The maximum absolute atomic E-state index is 13.1. The van der Waals surface area contributed by atoms with Gasteiger partial charge in [0.2, 0.25) is 0 Å². The maximum atomic E-state index is 13.1. The molecule has 0 unspecified atom stereocenters. The minimum atomic E-state index is -0.00799. The molecule has 0 aliphatic rings. The van der Waals surface area contributed by atoms with E-state index in [9.17, 15) is 4.79 Å². The van der Waals surface area contributed by atoms with Gasteiger partial charge in [-0.15, -0.1) is 16.4 Å². The maximum Gasteiger partial charge on any atom is 0.269 e. The smallest absolute Gasteiger partial charge is 0.269 e. The Bertz CT molecular complexity index is 1050. The van der Waals surface area contributed by atoms with Gasteiger partial charge in [0.25, 0.3) is 5.91 Å². The highest BCUT2D eigenvalue weighted by Crippen LogP contribution is 2.20. The van der Waals surface area contributed by atoms with Crippen LogP contribution in [0.2, 0.25) is 0 Å². The van der Waals surface area contributed by atoms with Crippen LogP contribution in [0.15, 0.2) is 90.4 Å². The van der Waals surface area contributed by atoms with Crippen molar-refractivity contribution >= 4 is 23.1 Å². The van der Waals surface area contributed by atoms with Crippen LogP contribution in [-0.2, 0) is 6.54 Å². The Kier molecular flexibility index (Phi) is 6.69. The third kappa shape index (κ3) is 5.03. The quantitative estimate of drug-likeness (QED) is 0.400. The minimum Gasteiger partial charge on any atom is -0.313 e. The molecule has 0 radical (unpaired) electrons. The molecule has 5 nitrogen and oxygen atoms in total. The topological polar surface area (TPSA) is 50.2 Å². The largest absolute Gasteiger partial charge is 0.313 e. The van der Waals surface area contributed by atoms with Gasteiger partial charge in [0, 0.05) is 25.4 Å². The SMILES string of the molecule is O=C(c1cccs1)N(CCCNCc1ccccc1)c1ccn(-c2ccccc2)n1. The van der Waals surface area contributed by atoms with Crippen LogP contribution in [0.5, 0.6) is 0 Å². The number of hydrogen-bond donors (Lipinski definition) is 1. The summed E-state index contributed by atoms with van der Waals surface area (Å²) in [5.41, 5.74) is 2.22. The standard InChI is InChI=1S/C24H24N4OS/c29-24(22-13-7-18-30-22)27(16-8-15-25-19-20-9-3-1-4-10-20)23-14-17-28(26-23)21-11-5-2-6-12-21/h1-7,9-14,17-18,25H,8,15-16,19H2. The summed E-state index contributed by atoms with van der Waals surface area (Å²) in [7, 11) is 0. The number of aromatic nitrogens is 2. The summed E-state index contributed by atoms with van der Waals surface area (Å²) in [6.07, 6.45) is 2.73. The lowest BCUT2D eigenvalue weighted by Crippen LogP contribution is -2.33. The van der Waals surface area contributed by atoms with Crippen molar-refractivity contribution in [3.8, 4) is 5.69 Å². The lowest BCUT2D eigenvalue weighted by Gasteiger charge is -2.20. The van der Waals surface area contributed by atoms with Gasteiger partial charge >= 0.3 is 0 Å². The molecule has 0 saturated heterocycles. The summed E-state index contributed by atoms with van der Waals surface area (Å²) in [6, 6.07) is 25.9. The van der Waals surface area contributed by atoms with E-state index in [-0.39, 0.29) is 5.91 Å². The zero-order chi connectivity index (χ0) is 20.6. The number of carbonyl (C=O) groups excluding carboxylic acids is 1. The Hall–Kier alpha value is -3.22. The zero-order valence-electron chi connectivity index (χ0n) is 16.6. The van der Waals surface area contributed by atoms with Gasteiger partial charge in [0.1, 0.15) is 0 Å². The number of rotatable bonds is 9. The van der Waals surface area contributed by atoms with Crippen LogP contribution in [0, 0.1) is 0 Å². The van der Waals surface area contributed by atoms with Crippen molar-refractivity contribution in [3.05, 3.63) is 101 Å². The number of carbonyl (C=O) groups is 1. The first-order valence-electron chi connectivity index (χ1n) is 10.0. The molecule has 4 aromatic rings. The normalized spacial score (nSPS) is 10.8. The predicted molar refractivity (Wildman–Crippen MR) is 122 cm³/mol. The van der Waals surface area contributed by atoms with E-state index in [1.54, 1.807) is 9.58 Å². The van der Waals surface area contributed by atoms with E-state index >= 15 is 0 Å². The molecule has 0 aliphatic carbocycles. The number of para-hydroxylation sites is 1. The summed E-state index contributed by atoms with van der Waals surface area (Å²) in [6.45, 7) is 2.25.